The highest BCUT2D eigenvalue weighted by Gasteiger charge is 2.11. The van der Waals surface area contributed by atoms with Crippen LogP contribution in [0.15, 0.2) is 38.6 Å². The number of benzene rings is 1. The van der Waals surface area contributed by atoms with Crippen LogP contribution >= 0.6 is 43.2 Å². The van der Waals surface area contributed by atoms with Gasteiger partial charge in [0.05, 0.1) is 11.6 Å². The maximum atomic E-state index is 5.46. The fourth-order valence-electron chi connectivity index (χ4n) is 2.06. The van der Waals surface area contributed by atoms with Crippen LogP contribution in [-0.2, 0) is 13.0 Å². The van der Waals surface area contributed by atoms with E-state index in [1.54, 1.807) is 18.4 Å². The number of hydrogen-bond donors (Lipinski definition) is 1. The Labute approximate surface area is 140 Å². The summed E-state index contributed by atoms with van der Waals surface area (Å²) in [6.45, 7) is 2.99. The van der Waals surface area contributed by atoms with Crippen LogP contribution in [0.4, 0.5) is 0 Å². The normalized spacial score (nSPS) is 12.4. The molecule has 0 bridgehead atoms. The molecular weight excluding hydrogens is 402 g/mol. The Morgan fingerprint density at radius 3 is 2.80 bits per heavy atom. The van der Waals surface area contributed by atoms with Crippen molar-refractivity contribution in [2.24, 2.45) is 0 Å². The number of thiophene rings is 1. The fraction of sp³-hybridized carbons (Fsp3) is 0.333. The molecule has 0 saturated heterocycles. The first-order valence-corrected chi connectivity index (χ1v) is 8.84. The van der Waals surface area contributed by atoms with Crippen molar-refractivity contribution in [3.8, 4) is 5.75 Å². The SMILES string of the molecule is COc1c(Br)cc(Br)cc1CNC(C)Cc1cccs1. The molecular formula is C15H17Br2NOS. The summed E-state index contributed by atoms with van der Waals surface area (Å²) < 4.78 is 7.48. The molecule has 2 nitrogen and oxygen atoms in total. The monoisotopic (exact) mass is 417 g/mol. The van der Waals surface area contributed by atoms with E-state index >= 15 is 0 Å². The summed E-state index contributed by atoms with van der Waals surface area (Å²) >= 11 is 8.86. The number of halogens is 2. The topological polar surface area (TPSA) is 21.3 Å². The Kier molecular flexibility index (Phi) is 6.08. The third-order valence-corrected chi connectivity index (χ3v) is 4.96. The summed E-state index contributed by atoms with van der Waals surface area (Å²) in [4.78, 5) is 1.41. The van der Waals surface area contributed by atoms with Crippen LogP contribution < -0.4 is 10.1 Å². The van der Waals surface area contributed by atoms with Crippen molar-refractivity contribution in [2.75, 3.05) is 7.11 Å². The van der Waals surface area contributed by atoms with Gasteiger partial charge in [0.15, 0.2) is 0 Å². The minimum Gasteiger partial charge on any atom is -0.495 e. The Morgan fingerprint density at radius 2 is 2.15 bits per heavy atom. The number of methoxy groups -OCH3 is 1. The van der Waals surface area contributed by atoms with Crippen molar-refractivity contribution in [3.63, 3.8) is 0 Å². The zero-order chi connectivity index (χ0) is 14.5. The lowest BCUT2D eigenvalue weighted by atomic mass is 10.1. The summed E-state index contributed by atoms with van der Waals surface area (Å²) in [5.41, 5.74) is 1.15. The second-order valence-corrected chi connectivity index (χ2v) is 7.45. The molecule has 0 saturated carbocycles. The van der Waals surface area contributed by atoms with Gasteiger partial charge in [0.2, 0.25) is 0 Å². The van der Waals surface area contributed by atoms with E-state index in [2.05, 4.69) is 67.7 Å². The molecule has 0 fully saturated rings. The molecule has 1 unspecified atom stereocenters. The summed E-state index contributed by atoms with van der Waals surface area (Å²) in [7, 11) is 1.70. The second-order valence-electron chi connectivity index (χ2n) is 4.65. The Bertz CT molecular complexity index is 557. The van der Waals surface area contributed by atoms with Crippen LogP contribution in [-0.4, -0.2) is 13.2 Å². The average molecular weight is 419 g/mol. The van der Waals surface area contributed by atoms with Gasteiger partial charge in [-0.2, -0.15) is 0 Å². The summed E-state index contributed by atoms with van der Waals surface area (Å²) in [5, 5.41) is 5.67. The molecule has 2 rings (SSSR count). The minimum atomic E-state index is 0.427. The van der Waals surface area contributed by atoms with Gasteiger partial charge in [0, 0.05) is 27.5 Å². The highest BCUT2D eigenvalue weighted by molar-refractivity contribution is 9.11. The summed E-state index contributed by atoms with van der Waals surface area (Å²) in [5.74, 6) is 0.893. The maximum absolute atomic E-state index is 5.46. The van der Waals surface area contributed by atoms with Crippen LogP contribution in [0.25, 0.3) is 0 Å². The first kappa shape index (κ1) is 16.0. The molecule has 0 amide bonds. The Balaban J connectivity index is 1.99. The van der Waals surface area contributed by atoms with Crippen molar-refractivity contribution < 1.29 is 4.74 Å². The van der Waals surface area contributed by atoms with E-state index in [-0.39, 0.29) is 0 Å². The summed E-state index contributed by atoms with van der Waals surface area (Å²) in [6.07, 6.45) is 1.05. The van der Waals surface area contributed by atoms with Crippen LogP contribution in [0.2, 0.25) is 0 Å². The molecule has 1 aromatic heterocycles. The third-order valence-electron chi connectivity index (χ3n) is 3.02. The number of ether oxygens (including phenoxy) is 1. The number of hydrogen-bond acceptors (Lipinski definition) is 3. The molecule has 20 heavy (non-hydrogen) atoms. The Morgan fingerprint density at radius 1 is 1.35 bits per heavy atom. The van der Waals surface area contributed by atoms with Gasteiger partial charge in [0.1, 0.15) is 5.75 Å². The predicted octanol–water partition coefficient (Wildman–Crippen LogP) is 5.00. The van der Waals surface area contributed by atoms with Crippen molar-refractivity contribution >= 4 is 43.2 Å². The van der Waals surface area contributed by atoms with Gasteiger partial charge in [-0.3, -0.25) is 0 Å². The Hall–Kier alpha value is -0.360. The molecule has 0 radical (unpaired) electrons. The van der Waals surface area contributed by atoms with Gasteiger partial charge >= 0.3 is 0 Å². The smallest absolute Gasteiger partial charge is 0.137 e. The van der Waals surface area contributed by atoms with Crippen molar-refractivity contribution in [2.45, 2.75) is 25.9 Å². The molecule has 108 valence electrons. The van der Waals surface area contributed by atoms with E-state index in [9.17, 15) is 0 Å². The first-order chi connectivity index (χ1) is 9.60. The van der Waals surface area contributed by atoms with E-state index < -0.39 is 0 Å². The number of rotatable bonds is 6. The van der Waals surface area contributed by atoms with E-state index in [4.69, 9.17) is 4.74 Å². The third kappa shape index (κ3) is 4.32. The lowest BCUT2D eigenvalue weighted by Crippen LogP contribution is -2.27. The van der Waals surface area contributed by atoms with Gasteiger partial charge in [-0.25, -0.2) is 0 Å². The molecule has 0 aliphatic heterocycles. The number of nitrogens with one attached hydrogen (secondary N) is 1. The molecule has 0 spiro atoms. The molecule has 1 atom stereocenters. The van der Waals surface area contributed by atoms with Gasteiger partial charge < -0.3 is 10.1 Å². The molecule has 0 aliphatic rings. The van der Waals surface area contributed by atoms with Crippen molar-refractivity contribution in [3.05, 3.63) is 49.0 Å². The van der Waals surface area contributed by atoms with Crippen molar-refractivity contribution in [1.82, 2.24) is 5.32 Å². The van der Waals surface area contributed by atoms with E-state index in [0.717, 1.165) is 33.2 Å². The molecule has 0 aliphatic carbocycles. The van der Waals surface area contributed by atoms with Gasteiger partial charge in [-0.05, 0) is 52.9 Å². The second kappa shape index (κ2) is 7.59. The first-order valence-electron chi connectivity index (χ1n) is 6.38. The molecule has 2 aromatic rings. The maximum Gasteiger partial charge on any atom is 0.137 e. The van der Waals surface area contributed by atoms with Gasteiger partial charge in [-0.1, -0.05) is 22.0 Å². The quantitative estimate of drug-likeness (QED) is 0.712. The molecule has 1 N–H and O–H groups in total. The van der Waals surface area contributed by atoms with Crippen molar-refractivity contribution in [1.29, 1.82) is 0 Å². The lowest BCUT2D eigenvalue weighted by Gasteiger charge is -2.16. The van der Waals surface area contributed by atoms with Gasteiger partial charge in [0.25, 0.3) is 0 Å². The van der Waals surface area contributed by atoms with E-state index in [0.29, 0.717) is 6.04 Å². The summed E-state index contributed by atoms with van der Waals surface area (Å²) in [6, 6.07) is 8.79. The van der Waals surface area contributed by atoms with E-state index in [1.807, 2.05) is 6.07 Å². The zero-order valence-electron chi connectivity index (χ0n) is 11.5. The average Bonchev–Trinajstić information content (AvgIpc) is 2.88. The minimum absolute atomic E-state index is 0.427. The molecule has 5 heteroatoms. The lowest BCUT2D eigenvalue weighted by molar-refractivity contribution is 0.403. The van der Waals surface area contributed by atoms with Gasteiger partial charge in [-0.15, -0.1) is 11.3 Å². The predicted molar refractivity (Wildman–Crippen MR) is 92.7 cm³/mol. The van der Waals surface area contributed by atoms with Crippen LogP contribution in [0, 0.1) is 0 Å². The molecule has 1 aromatic carbocycles. The highest BCUT2D eigenvalue weighted by atomic mass is 79.9. The zero-order valence-corrected chi connectivity index (χ0v) is 15.4. The van der Waals surface area contributed by atoms with E-state index in [1.165, 1.54) is 4.88 Å². The standard InChI is InChI=1S/C15H17Br2NOS/c1-10(6-13-4-3-5-20-13)18-9-11-7-12(16)8-14(17)15(11)19-2/h3-5,7-8,10,18H,6,9H2,1-2H3. The van der Waals surface area contributed by atoms with Crippen LogP contribution in [0.1, 0.15) is 17.4 Å². The largest absolute Gasteiger partial charge is 0.495 e. The highest BCUT2D eigenvalue weighted by Crippen LogP contribution is 2.32. The fourth-order valence-corrected chi connectivity index (χ4v) is 4.37. The van der Waals surface area contributed by atoms with Crippen LogP contribution in [0.3, 0.4) is 0 Å². The van der Waals surface area contributed by atoms with Crippen LogP contribution in [0.5, 0.6) is 5.75 Å². The molecule has 1 heterocycles.